The largest absolute Gasteiger partial charge is 0.339 e. The predicted octanol–water partition coefficient (Wildman–Crippen LogP) is 4.25. The van der Waals surface area contributed by atoms with E-state index in [-0.39, 0.29) is 0 Å². The van der Waals surface area contributed by atoms with Crippen molar-refractivity contribution in [2.24, 2.45) is 5.92 Å². The standard InChI is InChI=1S/C15H13ClN2/c16-11-3-4-14-13(7-11)12-5-6-17-8-15(12)18(14)9-10-1-2-10/h3-8,10H,1-2,9H2. The van der Waals surface area contributed by atoms with E-state index in [1.807, 2.05) is 18.5 Å². The maximum absolute atomic E-state index is 6.12. The van der Waals surface area contributed by atoms with Gasteiger partial charge in [0.05, 0.1) is 11.7 Å². The van der Waals surface area contributed by atoms with Crippen molar-refractivity contribution in [3.05, 3.63) is 41.7 Å². The number of hydrogen-bond donors (Lipinski definition) is 0. The van der Waals surface area contributed by atoms with Gasteiger partial charge < -0.3 is 4.57 Å². The number of hydrogen-bond acceptors (Lipinski definition) is 1. The van der Waals surface area contributed by atoms with Gasteiger partial charge >= 0.3 is 0 Å². The van der Waals surface area contributed by atoms with E-state index >= 15 is 0 Å². The average Bonchev–Trinajstić information content (AvgIpc) is 3.15. The highest BCUT2D eigenvalue weighted by Crippen LogP contribution is 2.36. The molecule has 0 bridgehead atoms. The molecule has 1 aromatic carbocycles. The molecule has 0 aliphatic heterocycles. The first-order chi connectivity index (χ1) is 8.83. The Bertz CT molecular complexity index is 741. The molecular formula is C15H13ClN2. The third kappa shape index (κ3) is 1.52. The topological polar surface area (TPSA) is 17.8 Å². The second-order valence-electron chi connectivity index (χ2n) is 5.11. The zero-order chi connectivity index (χ0) is 12.1. The van der Waals surface area contributed by atoms with Crippen molar-refractivity contribution < 1.29 is 0 Å². The second kappa shape index (κ2) is 3.72. The summed E-state index contributed by atoms with van der Waals surface area (Å²) in [6.07, 6.45) is 6.53. The Kier molecular flexibility index (Phi) is 2.15. The van der Waals surface area contributed by atoms with Crippen LogP contribution in [0.15, 0.2) is 36.7 Å². The minimum atomic E-state index is 0.796. The first-order valence-corrected chi connectivity index (χ1v) is 6.72. The monoisotopic (exact) mass is 256 g/mol. The highest BCUT2D eigenvalue weighted by atomic mass is 35.5. The van der Waals surface area contributed by atoms with Gasteiger partial charge in [0.1, 0.15) is 0 Å². The Hall–Kier alpha value is -1.54. The van der Waals surface area contributed by atoms with Gasteiger partial charge in [-0.1, -0.05) is 11.6 Å². The molecule has 0 radical (unpaired) electrons. The first-order valence-electron chi connectivity index (χ1n) is 6.34. The maximum Gasteiger partial charge on any atom is 0.0677 e. The molecule has 3 aromatic rings. The van der Waals surface area contributed by atoms with Crippen LogP contribution in [0, 0.1) is 5.92 Å². The lowest BCUT2D eigenvalue weighted by Crippen LogP contribution is -1.99. The van der Waals surface area contributed by atoms with Gasteiger partial charge in [-0.15, -0.1) is 0 Å². The van der Waals surface area contributed by atoms with E-state index in [0.717, 1.165) is 17.5 Å². The van der Waals surface area contributed by atoms with Crippen molar-refractivity contribution in [1.29, 1.82) is 0 Å². The van der Waals surface area contributed by atoms with E-state index < -0.39 is 0 Å². The van der Waals surface area contributed by atoms with Gasteiger partial charge in [0.2, 0.25) is 0 Å². The van der Waals surface area contributed by atoms with Crippen molar-refractivity contribution in [1.82, 2.24) is 9.55 Å². The van der Waals surface area contributed by atoms with Crippen molar-refractivity contribution >= 4 is 33.4 Å². The van der Waals surface area contributed by atoms with Crippen LogP contribution in [-0.4, -0.2) is 9.55 Å². The van der Waals surface area contributed by atoms with Gasteiger partial charge in [0.15, 0.2) is 0 Å². The summed E-state index contributed by atoms with van der Waals surface area (Å²) in [6.45, 7) is 1.10. The number of aromatic nitrogens is 2. The molecule has 1 fully saturated rings. The zero-order valence-corrected chi connectivity index (χ0v) is 10.7. The smallest absolute Gasteiger partial charge is 0.0677 e. The molecule has 0 amide bonds. The molecule has 0 saturated heterocycles. The maximum atomic E-state index is 6.12. The summed E-state index contributed by atoms with van der Waals surface area (Å²) in [5.74, 6) is 0.847. The zero-order valence-electron chi connectivity index (χ0n) is 9.94. The van der Waals surface area contributed by atoms with E-state index in [0.29, 0.717) is 0 Å². The Labute approximate surface area is 110 Å². The van der Waals surface area contributed by atoms with Crippen LogP contribution in [0.2, 0.25) is 5.02 Å². The van der Waals surface area contributed by atoms with E-state index in [9.17, 15) is 0 Å². The molecule has 1 aliphatic rings. The average molecular weight is 257 g/mol. The summed E-state index contributed by atoms with van der Waals surface area (Å²) < 4.78 is 2.39. The molecule has 0 unspecified atom stereocenters. The second-order valence-corrected chi connectivity index (χ2v) is 5.54. The lowest BCUT2D eigenvalue weighted by molar-refractivity contribution is 0.663. The minimum absolute atomic E-state index is 0.796. The Morgan fingerprint density at radius 3 is 2.89 bits per heavy atom. The van der Waals surface area contributed by atoms with Crippen LogP contribution in [0.4, 0.5) is 0 Å². The molecular weight excluding hydrogens is 244 g/mol. The number of pyridine rings is 1. The molecule has 1 saturated carbocycles. The fraction of sp³-hybridized carbons (Fsp3) is 0.267. The van der Waals surface area contributed by atoms with Crippen molar-refractivity contribution in [2.45, 2.75) is 19.4 Å². The number of fused-ring (bicyclic) bond motifs is 3. The minimum Gasteiger partial charge on any atom is -0.339 e. The van der Waals surface area contributed by atoms with Crippen LogP contribution in [0.25, 0.3) is 21.8 Å². The number of nitrogens with zero attached hydrogens (tertiary/aromatic N) is 2. The summed E-state index contributed by atoms with van der Waals surface area (Å²) in [6, 6.07) is 8.24. The SMILES string of the molecule is Clc1ccc2c(c1)c1ccncc1n2CC1CC1. The third-order valence-electron chi connectivity index (χ3n) is 3.77. The van der Waals surface area contributed by atoms with Crippen LogP contribution in [0.3, 0.4) is 0 Å². The van der Waals surface area contributed by atoms with Crippen LogP contribution < -0.4 is 0 Å². The fourth-order valence-electron chi connectivity index (χ4n) is 2.67. The molecule has 4 rings (SSSR count). The van der Waals surface area contributed by atoms with Crippen LogP contribution in [-0.2, 0) is 6.54 Å². The van der Waals surface area contributed by atoms with Crippen LogP contribution in [0.1, 0.15) is 12.8 Å². The van der Waals surface area contributed by atoms with Crippen molar-refractivity contribution in [2.75, 3.05) is 0 Å². The summed E-state index contributed by atoms with van der Waals surface area (Å²) in [4.78, 5) is 4.27. The van der Waals surface area contributed by atoms with Gasteiger partial charge in [0, 0.05) is 34.1 Å². The van der Waals surface area contributed by atoms with Crippen LogP contribution >= 0.6 is 11.6 Å². The predicted molar refractivity (Wildman–Crippen MR) is 75.0 cm³/mol. The summed E-state index contributed by atoms with van der Waals surface area (Å²) in [5, 5.41) is 3.29. The molecule has 2 aromatic heterocycles. The molecule has 2 heterocycles. The van der Waals surface area contributed by atoms with Crippen LogP contribution in [0.5, 0.6) is 0 Å². The molecule has 3 heteroatoms. The number of benzene rings is 1. The fourth-order valence-corrected chi connectivity index (χ4v) is 2.85. The van der Waals surface area contributed by atoms with Gasteiger partial charge in [-0.3, -0.25) is 4.98 Å². The summed E-state index contributed by atoms with van der Waals surface area (Å²) in [7, 11) is 0. The normalized spacial score (nSPS) is 15.6. The highest BCUT2D eigenvalue weighted by molar-refractivity contribution is 6.31. The Morgan fingerprint density at radius 1 is 1.17 bits per heavy atom. The summed E-state index contributed by atoms with van der Waals surface area (Å²) in [5.41, 5.74) is 2.50. The Balaban J connectivity index is 2.09. The Morgan fingerprint density at radius 2 is 2.06 bits per heavy atom. The molecule has 18 heavy (non-hydrogen) atoms. The molecule has 0 N–H and O–H groups in total. The van der Waals surface area contributed by atoms with E-state index in [2.05, 4.69) is 27.8 Å². The molecule has 0 spiro atoms. The molecule has 1 aliphatic carbocycles. The number of halogens is 1. The van der Waals surface area contributed by atoms with Gasteiger partial charge in [0.25, 0.3) is 0 Å². The van der Waals surface area contributed by atoms with Crippen molar-refractivity contribution in [3.8, 4) is 0 Å². The highest BCUT2D eigenvalue weighted by Gasteiger charge is 2.23. The molecule has 0 atom stereocenters. The molecule has 2 nitrogen and oxygen atoms in total. The molecule has 90 valence electrons. The van der Waals surface area contributed by atoms with Crippen molar-refractivity contribution in [3.63, 3.8) is 0 Å². The summed E-state index contributed by atoms with van der Waals surface area (Å²) >= 11 is 6.12. The van der Waals surface area contributed by atoms with E-state index in [1.54, 1.807) is 0 Å². The quantitative estimate of drug-likeness (QED) is 0.670. The van der Waals surface area contributed by atoms with E-state index in [4.69, 9.17) is 11.6 Å². The lowest BCUT2D eigenvalue weighted by Gasteiger charge is -2.05. The van der Waals surface area contributed by atoms with Gasteiger partial charge in [-0.2, -0.15) is 0 Å². The first kappa shape index (κ1) is 10.4. The number of rotatable bonds is 2. The van der Waals surface area contributed by atoms with Gasteiger partial charge in [-0.25, -0.2) is 0 Å². The lowest BCUT2D eigenvalue weighted by atomic mass is 10.2. The third-order valence-corrected chi connectivity index (χ3v) is 4.00. The van der Waals surface area contributed by atoms with E-state index in [1.165, 1.54) is 34.6 Å². The van der Waals surface area contributed by atoms with Gasteiger partial charge in [-0.05, 0) is 43.0 Å².